The highest BCUT2D eigenvalue weighted by atomic mass is 16.6. The number of nitrogens with zero attached hydrogens (tertiary/aromatic N) is 5. The summed E-state index contributed by atoms with van der Waals surface area (Å²) in [6, 6.07) is -0.667. The summed E-state index contributed by atoms with van der Waals surface area (Å²) in [5.74, 6) is 0. The molecule has 0 radical (unpaired) electrons. The van der Waals surface area contributed by atoms with Gasteiger partial charge in [0.05, 0.1) is 25.4 Å². The fraction of sp³-hybridized carbons (Fsp3) is 0.615. The Kier molecular flexibility index (Phi) is 5.39. The lowest BCUT2D eigenvalue weighted by Gasteiger charge is -2.17. The molecule has 1 fully saturated rings. The Balaban J connectivity index is 2.49. The van der Waals surface area contributed by atoms with E-state index in [0.29, 0.717) is 4.57 Å². The largest absolute Gasteiger partial charge is 0.449 e. The van der Waals surface area contributed by atoms with Gasteiger partial charge >= 0.3 is 11.8 Å². The normalized spacial score (nSPS) is 22.9. The second-order valence-electron chi connectivity index (χ2n) is 5.16. The SMILES string of the molecule is CCOC(=O)n1c(=O)c(C)cn([C@H]2CC(N=[N+]=[N-])[C@@H](CO)O2)c1=O. The van der Waals surface area contributed by atoms with Crippen LogP contribution in [-0.2, 0) is 9.47 Å². The molecule has 1 aromatic heterocycles. The number of carbonyl (C=O) groups excluding carboxylic acids is 1. The number of carbonyl (C=O) groups is 1. The first kappa shape index (κ1) is 17.7. The molecule has 0 aliphatic carbocycles. The molecule has 0 saturated carbocycles. The standard InChI is InChI=1S/C13H17N5O6/c1-3-23-13(22)18-11(20)7(2)5-17(12(18)21)10-4-8(15-16-14)9(6-19)24-10/h5,8-10,19H,3-4,6H2,1-2H3/t8?,9-,10-/m1/s1. The summed E-state index contributed by atoms with van der Waals surface area (Å²) < 4.78 is 11.7. The number of rotatable bonds is 4. The first-order chi connectivity index (χ1) is 11.4. The zero-order valence-corrected chi connectivity index (χ0v) is 13.2. The second kappa shape index (κ2) is 7.30. The summed E-state index contributed by atoms with van der Waals surface area (Å²) in [5, 5.41) is 12.8. The van der Waals surface area contributed by atoms with E-state index >= 15 is 0 Å². The number of aromatic nitrogens is 2. The number of azide groups is 1. The van der Waals surface area contributed by atoms with Gasteiger partial charge < -0.3 is 14.6 Å². The molecular formula is C13H17N5O6. The maximum atomic E-state index is 12.5. The second-order valence-corrected chi connectivity index (χ2v) is 5.16. The average molecular weight is 339 g/mol. The van der Waals surface area contributed by atoms with Crippen LogP contribution in [0.4, 0.5) is 4.79 Å². The Morgan fingerprint density at radius 2 is 2.29 bits per heavy atom. The minimum absolute atomic E-state index is 0.00410. The Labute approximate surface area is 135 Å². The van der Waals surface area contributed by atoms with Crippen molar-refractivity contribution >= 4 is 6.09 Å². The molecule has 1 saturated heterocycles. The molecule has 2 heterocycles. The number of ether oxygens (including phenoxy) is 2. The fourth-order valence-corrected chi connectivity index (χ4v) is 2.49. The Hall–Kier alpha value is -2.62. The maximum absolute atomic E-state index is 12.5. The van der Waals surface area contributed by atoms with Crippen molar-refractivity contribution in [2.24, 2.45) is 5.11 Å². The molecule has 3 atom stereocenters. The number of aliphatic hydroxyl groups is 1. The lowest BCUT2D eigenvalue weighted by atomic mass is 10.1. The molecule has 1 aliphatic heterocycles. The predicted molar refractivity (Wildman–Crippen MR) is 80.7 cm³/mol. The molecule has 2 rings (SSSR count). The van der Waals surface area contributed by atoms with Crippen LogP contribution in [0.5, 0.6) is 0 Å². The van der Waals surface area contributed by atoms with Crippen molar-refractivity contribution in [2.75, 3.05) is 13.2 Å². The van der Waals surface area contributed by atoms with Crippen LogP contribution in [0, 0.1) is 6.92 Å². The zero-order valence-electron chi connectivity index (χ0n) is 13.2. The predicted octanol–water partition coefficient (Wildman–Crippen LogP) is 0.282. The summed E-state index contributed by atoms with van der Waals surface area (Å²) >= 11 is 0. The molecule has 11 heteroatoms. The lowest BCUT2D eigenvalue weighted by Crippen LogP contribution is -2.45. The highest BCUT2D eigenvalue weighted by Gasteiger charge is 2.36. The van der Waals surface area contributed by atoms with Gasteiger partial charge in [0.25, 0.3) is 5.56 Å². The minimum atomic E-state index is -1.08. The van der Waals surface area contributed by atoms with Crippen LogP contribution in [0.3, 0.4) is 0 Å². The zero-order chi connectivity index (χ0) is 17.9. The van der Waals surface area contributed by atoms with E-state index in [0.717, 1.165) is 4.57 Å². The van der Waals surface area contributed by atoms with Crippen LogP contribution in [-0.4, -0.2) is 45.7 Å². The molecule has 0 bridgehead atoms. The van der Waals surface area contributed by atoms with Crippen molar-refractivity contribution in [3.8, 4) is 0 Å². The van der Waals surface area contributed by atoms with Crippen LogP contribution >= 0.6 is 0 Å². The number of hydrogen-bond acceptors (Lipinski definition) is 7. The van der Waals surface area contributed by atoms with E-state index in [1.807, 2.05) is 0 Å². The molecule has 0 amide bonds. The van der Waals surface area contributed by atoms with E-state index < -0.39 is 42.3 Å². The van der Waals surface area contributed by atoms with Gasteiger partial charge in [0.15, 0.2) is 0 Å². The van der Waals surface area contributed by atoms with Crippen molar-refractivity contribution in [1.82, 2.24) is 9.13 Å². The maximum Gasteiger partial charge on any atom is 0.425 e. The number of aryl methyl sites for hydroxylation is 1. The molecule has 1 N–H and O–H groups in total. The summed E-state index contributed by atoms with van der Waals surface area (Å²) in [6.07, 6.45) is -1.35. The van der Waals surface area contributed by atoms with Gasteiger partial charge in [0.2, 0.25) is 0 Å². The van der Waals surface area contributed by atoms with E-state index in [1.165, 1.54) is 13.1 Å². The van der Waals surface area contributed by atoms with Gasteiger partial charge in [-0.3, -0.25) is 9.36 Å². The van der Waals surface area contributed by atoms with E-state index in [-0.39, 0.29) is 18.6 Å². The average Bonchev–Trinajstić information content (AvgIpc) is 2.94. The quantitative estimate of drug-likeness (QED) is 0.473. The lowest BCUT2D eigenvalue weighted by molar-refractivity contribution is -0.0276. The van der Waals surface area contributed by atoms with Crippen molar-refractivity contribution in [3.05, 3.63) is 43.0 Å². The van der Waals surface area contributed by atoms with E-state index in [4.69, 9.17) is 15.0 Å². The summed E-state index contributed by atoms with van der Waals surface area (Å²) in [4.78, 5) is 39.1. The Morgan fingerprint density at radius 3 is 2.88 bits per heavy atom. The van der Waals surface area contributed by atoms with Crippen LogP contribution in [0.2, 0.25) is 0 Å². The smallest absolute Gasteiger partial charge is 0.425 e. The van der Waals surface area contributed by atoms with Gasteiger partial charge in [0.1, 0.15) is 6.23 Å². The molecule has 1 aliphatic rings. The van der Waals surface area contributed by atoms with Gasteiger partial charge in [-0.25, -0.2) is 9.59 Å². The highest BCUT2D eigenvalue weighted by Crippen LogP contribution is 2.29. The molecule has 11 nitrogen and oxygen atoms in total. The summed E-state index contributed by atoms with van der Waals surface area (Å²) in [7, 11) is 0. The molecule has 1 aromatic rings. The van der Waals surface area contributed by atoms with E-state index in [9.17, 15) is 19.5 Å². The van der Waals surface area contributed by atoms with Gasteiger partial charge in [0, 0.05) is 23.1 Å². The van der Waals surface area contributed by atoms with Crippen LogP contribution in [0.1, 0.15) is 25.1 Å². The molecular weight excluding hydrogens is 322 g/mol. The highest BCUT2D eigenvalue weighted by molar-refractivity contribution is 5.70. The van der Waals surface area contributed by atoms with Crippen LogP contribution < -0.4 is 11.2 Å². The number of aliphatic hydroxyl groups excluding tert-OH is 1. The third-order valence-corrected chi connectivity index (χ3v) is 3.63. The summed E-state index contributed by atoms with van der Waals surface area (Å²) in [6.45, 7) is 2.60. The molecule has 24 heavy (non-hydrogen) atoms. The first-order valence-corrected chi connectivity index (χ1v) is 7.27. The van der Waals surface area contributed by atoms with E-state index in [1.54, 1.807) is 6.92 Å². The van der Waals surface area contributed by atoms with Gasteiger partial charge in [-0.1, -0.05) is 5.11 Å². The topological polar surface area (TPSA) is 149 Å². The van der Waals surface area contributed by atoms with Gasteiger partial charge in [-0.2, -0.15) is 4.57 Å². The van der Waals surface area contributed by atoms with Gasteiger partial charge in [-0.05, 0) is 19.4 Å². The van der Waals surface area contributed by atoms with Crippen molar-refractivity contribution < 1.29 is 19.4 Å². The van der Waals surface area contributed by atoms with E-state index in [2.05, 4.69) is 10.0 Å². The van der Waals surface area contributed by atoms with Crippen LogP contribution in [0.25, 0.3) is 10.4 Å². The molecule has 130 valence electrons. The number of hydrogen-bond donors (Lipinski definition) is 1. The Bertz CT molecular complexity index is 793. The third-order valence-electron chi connectivity index (χ3n) is 3.63. The molecule has 1 unspecified atom stereocenters. The van der Waals surface area contributed by atoms with Crippen molar-refractivity contribution in [1.29, 1.82) is 0 Å². The molecule has 0 spiro atoms. The fourth-order valence-electron chi connectivity index (χ4n) is 2.49. The van der Waals surface area contributed by atoms with Gasteiger partial charge in [-0.15, -0.1) is 0 Å². The van der Waals surface area contributed by atoms with Crippen molar-refractivity contribution in [3.63, 3.8) is 0 Å². The van der Waals surface area contributed by atoms with Crippen molar-refractivity contribution in [2.45, 2.75) is 38.6 Å². The first-order valence-electron chi connectivity index (χ1n) is 7.27. The third kappa shape index (κ3) is 3.18. The van der Waals surface area contributed by atoms with Crippen LogP contribution in [0.15, 0.2) is 20.9 Å². The molecule has 0 aromatic carbocycles. The summed E-state index contributed by atoms with van der Waals surface area (Å²) in [5.41, 5.74) is 6.99. The Morgan fingerprint density at radius 1 is 1.58 bits per heavy atom. The monoisotopic (exact) mass is 339 g/mol. The minimum Gasteiger partial charge on any atom is -0.449 e.